The fourth-order valence-electron chi connectivity index (χ4n) is 1.55. The molecule has 0 unspecified atom stereocenters. The molecule has 1 rings (SSSR count). The number of amides is 2. The maximum absolute atomic E-state index is 12.7. The molecule has 0 saturated heterocycles. The molecule has 1 aromatic rings. The largest absolute Gasteiger partial charge is 0.573 e. The van der Waals surface area contributed by atoms with Crippen molar-refractivity contribution in [1.29, 1.82) is 0 Å². The predicted molar refractivity (Wildman–Crippen MR) is 75.6 cm³/mol. The highest BCUT2D eigenvalue weighted by molar-refractivity contribution is 7.89. The third kappa shape index (κ3) is 6.28. The number of ether oxygens (including phenoxy) is 1. The summed E-state index contributed by atoms with van der Waals surface area (Å²) in [5.74, 6) is -0.812. The van der Waals surface area contributed by atoms with Crippen molar-refractivity contribution < 1.29 is 57.5 Å². The zero-order valence-electron chi connectivity index (χ0n) is 13.8. The van der Waals surface area contributed by atoms with Crippen molar-refractivity contribution in [2.24, 2.45) is 0 Å². The normalized spacial score (nSPS) is 13.7. The van der Waals surface area contributed by atoms with Gasteiger partial charge in [-0.25, -0.2) is 13.2 Å². The van der Waals surface area contributed by atoms with E-state index in [1.807, 2.05) is 0 Å². The lowest BCUT2D eigenvalue weighted by Gasteiger charge is -2.34. The highest BCUT2D eigenvalue weighted by Gasteiger charge is 2.68. The first-order valence-electron chi connectivity index (χ1n) is 6.88. The fourth-order valence-corrected chi connectivity index (χ4v) is 2.39. The molecule has 1 aromatic carbocycles. The van der Waals surface area contributed by atoms with E-state index in [9.17, 15) is 52.7 Å². The van der Waals surface area contributed by atoms with Gasteiger partial charge in [-0.15, -0.1) is 18.0 Å². The van der Waals surface area contributed by atoms with Crippen LogP contribution >= 0.6 is 0 Å². The number of rotatable bonds is 5. The molecule has 0 bridgehead atoms. The molecule has 7 nitrogen and oxygen atoms in total. The molecule has 0 aromatic heterocycles. The van der Waals surface area contributed by atoms with E-state index in [0.717, 1.165) is 5.43 Å². The summed E-state index contributed by atoms with van der Waals surface area (Å²) in [6.45, 7) is -0.388. The summed E-state index contributed by atoms with van der Waals surface area (Å²) >= 11 is 0. The lowest BCUT2D eigenvalue weighted by molar-refractivity contribution is -0.297. The minimum Gasteiger partial charge on any atom is -0.406 e. The van der Waals surface area contributed by atoms with Gasteiger partial charge in [0.25, 0.3) is 10.0 Å². The van der Waals surface area contributed by atoms with Crippen molar-refractivity contribution in [3.8, 4) is 5.75 Å². The molecule has 166 valence electrons. The van der Waals surface area contributed by atoms with E-state index in [1.165, 1.54) is 4.83 Å². The molecule has 0 fully saturated rings. The average Bonchev–Trinajstić information content (AvgIpc) is 2.50. The molecule has 0 aliphatic rings. The highest BCUT2D eigenvalue weighted by atomic mass is 32.2. The third-order valence-electron chi connectivity index (χ3n) is 3.16. The van der Waals surface area contributed by atoms with Gasteiger partial charge in [-0.3, -0.25) is 5.43 Å². The smallest absolute Gasteiger partial charge is 0.406 e. The standard InChI is InChI=1S/C12H10F9N3O4S/c1-9(10(13,14)15,11(16,17)18)22-8(25)23-24-29(26,27)7-4-2-6(3-5-7)28-12(19,20)21/h2-5,24H,1H3,(H2,22,23,25). The van der Waals surface area contributed by atoms with E-state index in [-0.39, 0.29) is 6.92 Å². The predicted octanol–water partition coefficient (Wildman–Crippen LogP) is 2.96. The van der Waals surface area contributed by atoms with Gasteiger partial charge in [-0.1, -0.05) is 0 Å². The molecule has 0 radical (unpaired) electrons. The highest BCUT2D eigenvalue weighted by Crippen LogP contribution is 2.42. The van der Waals surface area contributed by atoms with Crippen LogP contribution in [0.25, 0.3) is 0 Å². The lowest BCUT2D eigenvalue weighted by atomic mass is 10.0. The number of carbonyl (C=O) groups excluding carboxylic acids is 1. The van der Waals surface area contributed by atoms with Crippen LogP contribution in [-0.2, 0) is 10.0 Å². The molecule has 0 atom stereocenters. The Kier molecular flexibility index (Phi) is 6.59. The second-order valence-electron chi connectivity index (χ2n) is 5.32. The SMILES string of the molecule is CC(NC(=O)NNS(=O)(=O)c1ccc(OC(F)(F)F)cc1)(C(F)(F)F)C(F)(F)F. The Morgan fingerprint density at radius 1 is 0.897 bits per heavy atom. The summed E-state index contributed by atoms with van der Waals surface area (Å²) in [5.41, 5.74) is -3.63. The topological polar surface area (TPSA) is 96.5 Å². The van der Waals surface area contributed by atoms with Crippen molar-refractivity contribution in [2.75, 3.05) is 0 Å². The molecular formula is C12H10F9N3O4S. The number of hydrazine groups is 1. The quantitative estimate of drug-likeness (QED) is 0.462. The van der Waals surface area contributed by atoms with Gasteiger partial charge in [0.15, 0.2) is 0 Å². The van der Waals surface area contributed by atoms with Crippen molar-refractivity contribution in [1.82, 2.24) is 15.6 Å². The Morgan fingerprint density at radius 2 is 1.34 bits per heavy atom. The van der Waals surface area contributed by atoms with Gasteiger partial charge in [0, 0.05) is 0 Å². The van der Waals surface area contributed by atoms with Gasteiger partial charge in [-0.05, 0) is 31.2 Å². The van der Waals surface area contributed by atoms with Crippen LogP contribution in [0.3, 0.4) is 0 Å². The Balaban J connectivity index is 2.87. The van der Waals surface area contributed by atoms with E-state index in [1.54, 1.807) is 0 Å². The number of nitrogens with one attached hydrogen (secondary N) is 3. The van der Waals surface area contributed by atoms with Gasteiger partial charge >= 0.3 is 24.7 Å². The Hall–Kier alpha value is -2.43. The molecule has 3 N–H and O–H groups in total. The van der Waals surface area contributed by atoms with E-state index >= 15 is 0 Å². The van der Waals surface area contributed by atoms with Crippen molar-refractivity contribution in [3.05, 3.63) is 24.3 Å². The van der Waals surface area contributed by atoms with E-state index < -0.39 is 51.0 Å². The molecule has 2 amide bonds. The van der Waals surface area contributed by atoms with Crippen LogP contribution in [0.2, 0.25) is 0 Å². The number of sulfonamides is 1. The number of hydrogen-bond acceptors (Lipinski definition) is 4. The number of halogens is 9. The van der Waals surface area contributed by atoms with Crippen molar-refractivity contribution >= 4 is 16.1 Å². The van der Waals surface area contributed by atoms with Gasteiger partial charge in [0.2, 0.25) is 5.54 Å². The van der Waals surface area contributed by atoms with E-state index in [0.29, 0.717) is 29.6 Å². The summed E-state index contributed by atoms with van der Waals surface area (Å²) < 4.78 is 139. The summed E-state index contributed by atoms with van der Waals surface area (Å²) in [4.78, 5) is 11.7. The molecule has 17 heteroatoms. The third-order valence-corrected chi connectivity index (χ3v) is 4.43. The molecule has 0 spiro atoms. The Morgan fingerprint density at radius 3 is 1.72 bits per heavy atom. The zero-order chi connectivity index (χ0) is 22.9. The van der Waals surface area contributed by atoms with Crippen molar-refractivity contribution in [3.63, 3.8) is 0 Å². The first-order valence-corrected chi connectivity index (χ1v) is 8.36. The van der Waals surface area contributed by atoms with Gasteiger partial charge < -0.3 is 10.1 Å². The van der Waals surface area contributed by atoms with Gasteiger partial charge in [0.1, 0.15) is 5.75 Å². The number of alkyl halides is 9. The lowest BCUT2D eigenvalue weighted by Crippen LogP contribution is -2.67. The van der Waals surface area contributed by atoms with Crippen LogP contribution in [0.15, 0.2) is 29.2 Å². The maximum Gasteiger partial charge on any atom is 0.573 e. The second kappa shape index (κ2) is 7.77. The first kappa shape index (κ1) is 24.6. The van der Waals surface area contributed by atoms with Gasteiger partial charge in [-0.2, -0.15) is 26.3 Å². The molecule has 0 heterocycles. The average molecular weight is 463 g/mol. The molecule has 29 heavy (non-hydrogen) atoms. The molecule has 0 saturated carbocycles. The van der Waals surface area contributed by atoms with Crippen LogP contribution in [-0.4, -0.2) is 38.7 Å². The number of benzene rings is 1. The molecular weight excluding hydrogens is 453 g/mol. The van der Waals surface area contributed by atoms with E-state index in [2.05, 4.69) is 4.74 Å². The van der Waals surface area contributed by atoms with Crippen LogP contribution in [0, 0.1) is 0 Å². The van der Waals surface area contributed by atoms with Crippen LogP contribution in [0.1, 0.15) is 6.92 Å². The summed E-state index contributed by atoms with van der Waals surface area (Å²) in [6.07, 6.45) is -17.0. The first-order chi connectivity index (χ1) is 12.8. The minimum atomic E-state index is -5.98. The summed E-state index contributed by atoms with van der Waals surface area (Å²) in [5, 5.41) is 0.560. The van der Waals surface area contributed by atoms with Crippen LogP contribution in [0.5, 0.6) is 5.75 Å². The number of carbonyl (C=O) groups is 1. The number of urea groups is 1. The Labute approximate surface area is 156 Å². The minimum absolute atomic E-state index is 0.388. The Bertz CT molecular complexity index is 818. The van der Waals surface area contributed by atoms with E-state index in [4.69, 9.17) is 0 Å². The molecule has 0 aliphatic heterocycles. The van der Waals surface area contributed by atoms with Crippen LogP contribution < -0.4 is 20.3 Å². The monoisotopic (exact) mass is 463 g/mol. The zero-order valence-corrected chi connectivity index (χ0v) is 14.6. The maximum atomic E-state index is 12.7. The summed E-state index contributed by atoms with van der Waals surface area (Å²) in [6, 6.07) is 0.0542. The van der Waals surface area contributed by atoms with Crippen molar-refractivity contribution in [2.45, 2.75) is 36.1 Å². The van der Waals surface area contributed by atoms with Crippen LogP contribution in [0.4, 0.5) is 44.3 Å². The summed E-state index contributed by atoms with van der Waals surface area (Å²) in [7, 11) is -4.76. The number of hydrogen-bond donors (Lipinski definition) is 3. The fraction of sp³-hybridized carbons (Fsp3) is 0.417. The molecule has 0 aliphatic carbocycles. The second-order valence-corrected chi connectivity index (χ2v) is 7.01. The van der Waals surface area contributed by atoms with Gasteiger partial charge in [0.05, 0.1) is 4.90 Å².